The van der Waals surface area contributed by atoms with Crippen molar-refractivity contribution in [1.29, 1.82) is 5.53 Å². The first kappa shape index (κ1) is 8.52. The number of hydrogen-bond acceptors (Lipinski definition) is 4. The molecule has 0 bridgehead atoms. The Bertz CT molecular complexity index is 286. The molecule has 1 rings (SSSR count). The molecule has 0 radical (unpaired) electrons. The Morgan fingerprint density at radius 1 is 1.58 bits per heavy atom. The Morgan fingerprint density at radius 3 is 2.92 bits per heavy atom. The van der Waals surface area contributed by atoms with Gasteiger partial charge in [0.25, 0.3) is 0 Å². The maximum Gasteiger partial charge on any atom is 0.127 e. The minimum absolute atomic E-state index is 0.116. The second-order valence-electron chi connectivity index (χ2n) is 2.27. The molecule has 4 heteroatoms. The van der Waals surface area contributed by atoms with Crippen molar-refractivity contribution in [2.75, 3.05) is 7.11 Å². The molecule has 0 aromatic heterocycles. The molecule has 0 fully saturated rings. The number of methoxy groups -OCH3 is 1. The number of phenols is 1. The normalized spacial score (nSPS) is 9.42. The van der Waals surface area contributed by atoms with Crippen molar-refractivity contribution in [2.24, 2.45) is 5.11 Å². The van der Waals surface area contributed by atoms with Crippen LogP contribution in [0.2, 0.25) is 0 Å². The monoisotopic (exact) mass is 166 g/mol. The molecule has 2 N–H and O–H groups in total. The van der Waals surface area contributed by atoms with E-state index in [0.29, 0.717) is 11.3 Å². The van der Waals surface area contributed by atoms with Gasteiger partial charge in [0.1, 0.15) is 11.5 Å². The van der Waals surface area contributed by atoms with E-state index in [1.807, 2.05) is 0 Å². The maximum absolute atomic E-state index is 9.33. The van der Waals surface area contributed by atoms with Gasteiger partial charge in [0.05, 0.1) is 19.2 Å². The fraction of sp³-hybridized carbons (Fsp3) is 0.250. The highest BCUT2D eigenvalue weighted by molar-refractivity contribution is 5.43. The third kappa shape index (κ3) is 1.53. The molecule has 1 aromatic rings. The molecule has 0 atom stereocenters. The predicted molar refractivity (Wildman–Crippen MR) is 43.5 cm³/mol. The van der Waals surface area contributed by atoms with Crippen LogP contribution in [-0.2, 0) is 6.54 Å². The Labute approximate surface area is 70.3 Å². The maximum atomic E-state index is 9.33. The number of benzene rings is 1. The quantitative estimate of drug-likeness (QED) is 0.674. The molecule has 0 aliphatic rings. The number of nitrogens with one attached hydrogen (secondary N) is 1. The second kappa shape index (κ2) is 3.71. The summed E-state index contributed by atoms with van der Waals surface area (Å²) in [7, 11) is 1.52. The molecule has 0 amide bonds. The van der Waals surface area contributed by atoms with E-state index in [0.717, 1.165) is 0 Å². The van der Waals surface area contributed by atoms with E-state index in [1.54, 1.807) is 18.2 Å². The SMILES string of the molecule is COc1cccc(O)c1CN=N. The average Bonchev–Trinajstić information content (AvgIpc) is 2.09. The lowest BCUT2D eigenvalue weighted by atomic mass is 10.2. The standard InChI is InChI=1S/C8H10N2O2/c1-12-8-4-2-3-7(11)6(8)5-10-9/h2-4,9,11H,5H2,1H3. The van der Waals surface area contributed by atoms with Gasteiger partial charge in [-0.15, -0.1) is 0 Å². The van der Waals surface area contributed by atoms with E-state index in [2.05, 4.69) is 5.11 Å². The minimum atomic E-state index is 0.116. The van der Waals surface area contributed by atoms with E-state index in [-0.39, 0.29) is 12.3 Å². The van der Waals surface area contributed by atoms with E-state index >= 15 is 0 Å². The van der Waals surface area contributed by atoms with Crippen molar-refractivity contribution in [3.8, 4) is 11.5 Å². The first-order valence-electron chi connectivity index (χ1n) is 3.47. The molecule has 64 valence electrons. The summed E-state index contributed by atoms with van der Waals surface area (Å²) in [6.07, 6.45) is 0. The van der Waals surface area contributed by atoms with Crippen LogP contribution in [0.5, 0.6) is 11.5 Å². The number of aromatic hydroxyl groups is 1. The van der Waals surface area contributed by atoms with Crippen molar-refractivity contribution >= 4 is 0 Å². The van der Waals surface area contributed by atoms with Crippen LogP contribution < -0.4 is 4.74 Å². The summed E-state index contributed by atoms with van der Waals surface area (Å²) in [5, 5.41) is 12.5. The van der Waals surface area contributed by atoms with Gasteiger partial charge in [-0.05, 0) is 12.1 Å². The Balaban J connectivity index is 3.10. The molecule has 0 heterocycles. The van der Waals surface area contributed by atoms with Gasteiger partial charge in [-0.1, -0.05) is 6.07 Å². The molecule has 0 aliphatic carbocycles. The lowest BCUT2D eigenvalue weighted by Gasteiger charge is -2.06. The zero-order chi connectivity index (χ0) is 8.97. The summed E-state index contributed by atoms with van der Waals surface area (Å²) < 4.78 is 4.98. The van der Waals surface area contributed by atoms with Crippen molar-refractivity contribution in [3.05, 3.63) is 23.8 Å². The summed E-state index contributed by atoms with van der Waals surface area (Å²) in [5.41, 5.74) is 7.22. The van der Waals surface area contributed by atoms with Gasteiger partial charge in [0.2, 0.25) is 0 Å². The lowest BCUT2D eigenvalue weighted by Crippen LogP contribution is -1.90. The summed E-state index contributed by atoms with van der Waals surface area (Å²) in [5.74, 6) is 0.677. The van der Waals surface area contributed by atoms with Crippen LogP contribution in [0.3, 0.4) is 0 Å². The second-order valence-corrected chi connectivity index (χ2v) is 2.27. The fourth-order valence-corrected chi connectivity index (χ4v) is 0.983. The van der Waals surface area contributed by atoms with Crippen molar-refractivity contribution in [3.63, 3.8) is 0 Å². The van der Waals surface area contributed by atoms with Crippen LogP contribution in [0.4, 0.5) is 0 Å². The number of rotatable bonds is 3. The van der Waals surface area contributed by atoms with Crippen molar-refractivity contribution in [2.45, 2.75) is 6.54 Å². The van der Waals surface area contributed by atoms with Gasteiger partial charge < -0.3 is 9.84 Å². The zero-order valence-electron chi connectivity index (χ0n) is 6.74. The number of hydrogen-bond donors (Lipinski definition) is 2. The molecule has 1 aromatic carbocycles. The topological polar surface area (TPSA) is 65.7 Å². The van der Waals surface area contributed by atoms with Gasteiger partial charge in [0.15, 0.2) is 0 Å². The van der Waals surface area contributed by atoms with Crippen molar-refractivity contribution in [1.82, 2.24) is 0 Å². The molecule has 4 nitrogen and oxygen atoms in total. The van der Waals surface area contributed by atoms with Crippen LogP contribution in [0.1, 0.15) is 5.56 Å². The molecule has 0 aliphatic heterocycles. The molecular formula is C8H10N2O2. The van der Waals surface area contributed by atoms with E-state index < -0.39 is 0 Å². The summed E-state index contributed by atoms with van der Waals surface area (Å²) in [6, 6.07) is 4.95. The molecule has 0 saturated carbocycles. The molecule has 0 unspecified atom stereocenters. The van der Waals surface area contributed by atoms with Crippen LogP contribution in [0, 0.1) is 5.53 Å². The van der Waals surface area contributed by atoms with Gasteiger partial charge >= 0.3 is 0 Å². The Morgan fingerprint density at radius 2 is 2.33 bits per heavy atom. The Hall–Kier alpha value is -1.58. The smallest absolute Gasteiger partial charge is 0.127 e. The van der Waals surface area contributed by atoms with Gasteiger partial charge in [0, 0.05) is 0 Å². The fourth-order valence-electron chi connectivity index (χ4n) is 0.983. The lowest BCUT2D eigenvalue weighted by molar-refractivity contribution is 0.399. The summed E-state index contributed by atoms with van der Waals surface area (Å²) >= 11 is 0. The highest BCUT2D eigenvalue weighted by Gasteiger charge is 2.06. The van der Waals surface area contributed by atoms with Crippen LogP contribution in [-0.4, -0.2) is 12.2 Å². The predicted octanol–water partition coefficient (Wildman–Crippen LogP) is 1.93. The Kier molecular flexibility index (Phi) is 2.63. The molecule has 0 spiro atoms. The van der Waals surface area contributed by atoms with E-state index in [4.69, 9.17) is 10.3 Å². The largest absolute Gasteiger partial charge is 0.507 e. The van der Waals surface area contributed by atoms with E-state index in [1.165, 1.54) is 7.11 Å². The number of nitrogens with zero attached hydrogens (tertiary/aromatic N) is 1. The summed E-state index contributed by atoms with van der Waals surface area (Å²) in [4.78, 5) is 0. The van der Waals surface area contributed by atoms with Crippen LogP contribution in [0.15, 0.2) is 23.3 Å². The van der Waals surface area contributed by atoms with Gasteiger partial charge in [-0.3, -0.25) is 0 Å². The minimum Gasteiger partial charge on any atom is -0.507 e. The highest BCUT2D eigenvalue weighted by Crippen LogP contribution is 2.27. The van der Waals surface area contributed by atoms with Crippen LogP contribution >= 0.6 is 0 Å². The summed E-state index contributed by atoms with van der Waals surface area (Å²) in [6.45, 7) is 0.149. The zero-order valence-corrected chi connectivity index (χ0v) is 6.74. The van der Waals surface area contributed by atoms with Crippen molar-refractivity contribution < 1.29 is 9.84 Å². The molecule has 0 saturated heterocycles. The third-order valence-electron chi connectivity index (χ3n) is 1.57. The van der Waals surface area contributed by atoms with E-state index in [9.17, 15) is 5.11 Å². The van der Waals surface area contributed by atoms with Gasteiger partial charge in [-0.25, -0.2) is 5.53 Å². The number of phenolic OH excluding ortho intramolecular Hbond substituents is 1. The average molecular weight is 166 g/mol. The van der Waals surface area contributed by atoms with Gasteiger partial charge in [-0.2, -0.15) is 5.11 Å². The molecular weight excluding hydrogens is 156 g/mol. The molecule has 12 heavy (non-hydrogen) atoms. The van der Waals surface area contributed by atoms with Crippen LogP contribution in [0.25, 0.3) is 0 Å². The number of ether oxygens (including phenoxy) is 1. The first-order chi connectivity index (χ1) is 5.79. The highest BCUT2D eigenvalue weighted by atomic mass is 16.5. The first-order valence-corrected chi connectivity index (χ1v) is 3.47. The third-order valence-corrected chi connectivity index (χ3v) is 1.57.